The summed E-state index contributed by atoms with van der Waals surface area (Å²) in [4.78, 5) is 39.9. The van der Waals surface area contributed by atoms with Crippen molar-refractivity contribution in [3.63, 3.8) is 0 Å². The second kappa shape index (κ2) is 22.4. The van der Waals surface area contributed by atoms with E-state index in [0.29, 0.717) is 12.2 Å². The fourth-order valence-electron chi connectivity index (χ4n) is 1.68. The molecule has 0 saturated carbocycles. The molecule has 1 aromatic rings. The van der Waals surface area contributed by atoms with Gasteiger partial charge in [0.15, 0.2) is 0 Å². The van der Waals surface area contributed by atoms with E-state index in [2.05, 4.69) is 20.8 Å². The van der Waals surface area contributed by atoms with Crippen molar-refractivity contribution in [2.45, 2.75) is 46.5 Å². The lowest BCUT2D eigenvalue weighted by molar-refractivity contribution is -0.134. The van der Waals surface area contributed by atoms with Gasteiger partial charge in [-0.1, -0.05) is 52.5 Å². The van der Waals surface area contributed by atoms with Crippen molar-refractivity contribution < 1.29 is 49.8 Å². The molecule has 0 spiro atoms. The lowest BCUT2D eigenvalue weighted by Gasteiger charge is -2.04. The predicted molar refractivity (Wildman–Crippen MR) is 118 cm³/mol. The van der Waals surface area contributed by atoms with Gasteiger partial charge in [-0.05, 0) is 24.1 Å². The van der Waals surface area contributed by atoms with Gasteiger partial charge in [-0.2, -0.15) is 0 Å². The zero-order valence-electron chi connectivity index (χ0n) is 18.6. The Morgan fingerprint density at radius 3 is 1.50 bits per heavy atom. The highest BCUT2D eigenvalue weighted by Crippen LogP contribution is 2.09. The van der Waals surface area contributed by atoms with Crippen LogP contribution in [-0.4, -0.2) is 67.7 Å². The van der Waals surface area contributed by atoms with Crippen molar-refractivity contribution in [2.24, 2.45) is 5.92 Å². The summed E-state index contributed by atoms with van der Waals surface area (Å²) in [6, 6.07) is 5.20. The zero-order chi connectivity index (χ0) is 25.5. The van der Waals surface area contributed by atoms with Crippen LogP contribution in [0.2, 0.25) is 0 Å². The summed E-state index contributed by atoms with van der Waals surface area (Å²) in [6.07, 6.45) is 6.65. The van der Waals surface area contributed by atoms with E-state index in [1.54, 1.807) is 0 Å². The molecule has 10 nitrogen and oxygen atoms in total. The first-order valence-electron chi connectivity index (χ1n) is 9.88. The monoisotopic (exact) mass is 458 g/mol. The van der Waals surface area contributed by atoms with Crippen LogP contribution in [0.3, 0.4) is 0 Å². The molecule has 1 unspecified atom stereocenters. The minimum atomic E-state index is -1.26. The van der Waals surface area contributed by atoms with Gasteiger partial charge in [-0.25, -0.2) is 19.2 Å². The van der Waals surface area contributed by atoms with Crippen LogP contribution in [0.1, 0.15) is 67.2 Å². The van der Waals surface area contributed by atoms with Gasteiger partial charge < -0.3 is 30.6 Å². The first-order valence-corrected chi connectivity index (χ1v) is 9.88. The highest BCUT2D eigenvalue weighted by Gasteiger charge is 2.06. The molecule has 6 N–H and O–H groups in total. The molecule has 0 aromatic heterocycles. The first kappa shape index (κ1) is 33.4. The van der Waals surface area contributed by atoms with Crippen molar-refractivity contribution in [1.82, 2.24) is 0 Å². The standard InChI is InChI=1S/C8H6O4.C8H18.C4H4O4.C2H6O2/c9-7(10)5-2-1-3-6(4-5)8(11)12;1-4-6-7-8(3)5-2;5-3(6)1-2-4(7)8;3-1-2-4/h1-4H,(H,9,10)(H,11,12);8H,4-7H2,1-3H3;1-2H,(H,5,6)(H,7,8);3-4H,1-2H2/b;;2-1+;. The largest absolute Gasteiger partial charge is 0.478 e. The average molecular weight is 459 g/mol. The molecule has 10 heteroatoms. The summed E-state index contributed by atoms with van der Waals surface area (Å²) < 4.78 is 0. The molecule has 182 valence electrons. The molecular weight excluding hydrogens is 424 g/mol. The molecule has 0 bridgehead atoms. The van der Waals surface area contributed by atoms with E-state index in [1.807, 2.05) is 0 Å². The van der Waals surface area contributed by atoms with Gasteiger partial charge in [0, 0.05) is 12.2 Å². The van der Waals surface area contributed by atoms with Crippen molar-refractivity contribution in [1.29, 1.82) is 0 Å². The Hall–Kier alpha value is -3.24. The van der Waals surface area contributed by atoms with Gasteiger partial charge in [0.1, 0.15) is 0 Å². The summed E-state index contributed by atoms with van der Waals surface area (Å²) in [5.41, 5.74) is -0.0372. The van der Waals surface area contributed by atoms with Gasteiger partial charge >= 0.3 is 23.9 Å². The lowest BCUT2D eigenvalue weighted by Crippen LogP contribution is -2.01. The predicted octanol–water partition coefficient (Wildman–Crippen LogP) is 2.99. The Morgan fingerprint density at radius 2 is 1.25 bits per heavy atom. The van der Waals surface area contributed by atoms with Crippen LogP contribution in [0, 0.1) is 5.92 Å². The summed E-state index contributed by atoms with van der Waals surface area (Å²) in [7, 11) is 0. The van der Waals surface area contributed by atoms with E-state index < -0.39 is 23.9 Å². The Balaban J connectivity index is -0.000000374. The minimum Gasteiger partial charge on any atom is -0.478 e. The summed E-state index contributed by atoms with van der Waals surface area (Å²) in [6.45, 7) is 6.60. The molecule has 0 amide bonds. The van der Waals surface area contributed by atoms with Crippen LogP contribution < -0.4 is 0 Å². The third-order valence-electron chi connectivity index (χ3n) is 3.57. The van der Waals surface area contributed by atoms with Crippen LogP contribution >= 0.6 is 0 Å². The molecule has 0 fully saturated rings. The number of benzene rings is 1. The normalized spacial score (nSPS) is 10.3. The van der Waals surface area contributed by atoms with E-state index in [4.69, 9.17) is 30.6 Å². The quantitative estimate of drug-likeness (QED) is 0.300. The SMILES string of the molecule is CCCCC(C)CC.O=C(O)/C=C/C(=O)O.O=C(O)c1cccc(C(=O)O)c1.OCCO. The third kappa shape index (κ3) is 24.8. The zero-order valence-corrected chi connectivity index (χ0v) is 18.6. The molecule has 0 radical (unpaired) electrons. The summed E-state index contributed by atoms with van der Waals surface area (Å²) >= 11 is 0. The number of hydrogen-bond acceptors (Lipinski definition) is 6. The van der Waals surface area contributed by atoms with Crippen molar-refractivity contribution in [3.05, 3.63) is 47.5 Å². The maximum atomic E-state index is 10.4. The molecule has 0 aliphatic heterocycles. The molecule has 1 atom stereocenters. The van der Waals surface area contributed by atoms with Gasteiger partial charge in [0.25, 0.3) is 0 Å². The van der Waals surface area contributed by atoms with Gasteiger partial charge in [0.05, 0.1) is 24.3 Å². The minimum absolute atomic E-state index is 0.0186. The summed E-state index contributed by atoms with van der Waals surface area (Å²) in [5, 5.41) is 47.9. The lowest BCUT2D eigenvalue weighted by atomic mass is 10.0. The number of carboxylic acid groups (broad SMARTS) is 4. The highest BCUT2D eigenvalue weighted by molar-refractivity contribution is 5.93. The first-order chi connectivity index (χ1) is 15.0. The molecule has 0 aliphatic rings. The second-order valence-corrected chi connectivity index (χ2v) is 6.30. The maximum absolute atomic E-state index is 10.4. The van der Waals surface area contributed by atoms with Crippen LogP contribution in [-0.2, 0) is 9.59 Å². The van der Waals surface area contributed by atoms with E-state index in [-0.39, 0.29) is 24.3 Å². The maximum Gasteiger partial charge on any atom is 0.335 e. The molecule has 0 saturated heterocycles. The van der Waals surface area contributed by atoms with Crippen LogP contribution in [0.25, 0.3) is 0 Å². The van der Waals surface area contributed by atoms with E-state index in [1.165, 1.54) is 43.9 Å². The summed E-state index contributed by atoms with van der Waals surface area (Å²) in [5.74, 6) is -3.81. The number of aliphatic hydroxyl groups is 2. The smallest absolute Gasteiger partial charge is 0.335 e. The highest BCUT2D eigenvalue weighted by atomic mass is 16.4. The van der Waals surface area contributed by atoms with Crippen LogP contribution in [0.15, 0.2) is 36.4 Å². The Bertz CT molecular complexity index is 650. The Kier molecular flexibility index (Phi) is 23.4. The van der Waals surface area contributed by atoms with Gasteiger partial charge in [0.2, 0.25) is 0 Å². The van der Waals surface area contributed by atoms with Crippen molar-refractivity contribution in [2.75, 3.05) is 13.2 Å². The number of carboxylic acids is 4. The van der Waals surface area contributed by atoms with Gasteiger partial charge in [-0.15, -0.1) is 0 Å². The van der Waals surface area contributed by atoms with Crippen LogP contribution in [0.5, 0.6) is 0 Å². The van der Waals surface area contributed by atoms with E-state index >= 15 is 0 Å². The van der Waals surface area contributed by atoms with Crippen molar-refractivity contribution in [3.8, 4) is 0 Å². The number of aromatic carboxylic acids is 2. The van der Waals surface area contributed by atoms with Gasteiger partial charge in [-0.3, -0.25) is 0 Å². The number of rotatable bonds is 9. The number of aliphatic carboxylic acids is 2. The average Bonchev–Trinajstić information content (AvgIpc) is 2.77. The molecular formula is C22H34O10. The molecule has 1 rings (SSSR count). The fourth-order valence-corrected chi connectivity index (χ4v) is 1.68. The number of hydrogen-bond donors (Lipinski definition) is 6. The second-order valence-electron chi connectivity index (χ2n) is 6.30. The fraction of sp³-hybridized carbons (Fsp3) is 0.455. The number of aliphatic hydroxyl groups excluding tert-OH is 2. The van der Waals surface area contributed by atoms with E-state index in [9.17, 15) is 19.2 Å². The molecule has 0 heterocycles. The number of carbonyl (C=O) groups is 4. The topological polar surface area (TPSA) is 190 Å². The molecule has 0 aliphatic carbocycles. The van der Waals surface area contributed by atoms with Crippen LogP contribution in [0.4, 0.5) is 0 Å². The number of unbranched alkanes of at least 4 members (excludes halogenated alkanes) is 1. The Labute approximate surface area is 187 Å². The third-order valence-corrected chi connectivity index (χ3v) is 3.57. The van der Waals surface area contributed by atoms with E-state index in [0.717, 1.165) is 12.0 Å². The Morgan fingerprint density at radius 1 is 0.844 bits per heavy atom. The van der Waals surface area contributed by atoms with Crippen molar-refractivity contribution >= 4 is 23.9 Å². The molecule has 1 aromatic carbocycles. The molecule has 32 heavy (non-hydrogen) atoms.